The van der Waals surface area contributed by atoms with E-state index in [0.29, 0.717) is 19.5 Å². The minimum Gasteiger partial charge on any atom is -0.491 e. The number of benzene rings is 1. The van der Waals surface area contributed by atoms with Gasteiger partial charge in [-0.05, 0) is 50.8 Å². The van der Waals surface area contributed by atoms with Gasteiger partial charge in [0.2, 0.25) is 5.91 Å². The van der Waals surface area contributed by atoms with Crippen LogP contribution >= 0.6 is 0 Å². The molecule has 138 valence electrons. The summed E-state index contributed by atoms with van der Waals surface area (Å²) in [4.78, 5) is 27.6. The predicted molar refractivity (Wildman–Crippen MR) is 95.1 cm³/mol. The van der Waals surface area contributed by atoms with Crippen LogP contribution in [0.15, 0.2) is 24.3 Å². The number of aliphatic hydroxyl groups excluding tert-OH is 1. The molecule has 6 nitrogen and oxygen atoms in total. The molecule has 1 fully saturated rings. The number of carbonyl (C=O) groups excluding carboxylic acids is 2. The fourth-order valence-electron chi connectivity index (χ4n) is 2.88. The zero-order valence-corrected chi connectivity index (χ0v) is 15.3. The molecular formula is C19H28N2O4. The first kappa shape index (κ1) is 19.2. The van der Waals surface area contributed by atoms with Crippen LogP contribution < -0.4 is 4.74 Å². The molecule has 6 heteroatoms. The largest absolute Gasteiger partial charge is 0.491 e. The Labute approximate surface area is 149 Å². The molecule has 0 aromatic heterocycles. The van der Waals surface area contributed by atoms with Crippen molar-refractivity contribution in [1.29, 1.82) is 0 Å². The lowest BCUT2D eigenvalue weighted by Gasteiger charge is -2.25. The average Bonchev–Trinajstić information content (AvgIpc) is 2.70. The molecule has 0 aliphatic carbocycles. The summed E-state index contributed by atoms with van der Waals surface area (Å²) in [6.45, 7) is 4.91. The summed E-state index contributed by atoms with van der Waals surface area (Å²) >= 11 is 0. The van der Waals surface area contributed by atoms with Crippen LogP contribution in [0.25, 0.3) is 0 Å². The second-order valence-electron chi connectivity index (χ2n) is 6.84. The van der Waals surface area contributed by atoms with Crippen molar-refractivity contribution in [3.8, 4) is 5.75 Å². The minimum absolute atomic E-state index is 0.00851. The first-order valence-corrected chi connectivity index (χ1v) is 8.83. The Balaban J connectivity index is 1.94. The van der Waals surface area contributed by atoms with Gasteiger partial charge in [0.25, 0.3) is 5.91 Å². The summed E-state index contributed by atoms with van der Waals surface area (Å²) in [6, 6.07) is 7.66. The lowest BCUT2D eigenvalue weighted by atomic mass is 10.2. The minimum atomic E-state index is -0.981. The van der Waals surface area contributed by atoms with E-state index >= 15 is 0 Å². The Bertz CT molecular complexity index is 603. The van der Waals surface area contributed by atoms with E-state index in [1.807, 2.05) is 38.1 Å². The number of rotatable bonds is 6. The third-order valence-corrected chi connectivity index (χ3v) is 4.19. The van der Waals surface area contributed by atoms with Gasteiger partial charge in [0.1, 0.15) is 11.9 Å². The average molecular weight is 348 g/mol. The molecule has 1 aromatic carbocycles. The number of likely N-dealkylation sites (N-methyl/N-ethyl adjacent to an activating group) is 1. The second-order valence-corrected chi connectivity index (χ2v) is 6.84. The van der Waals surface area contributed by atoms with Gasteiger partial charge in [-0.1, -0.05) is 12.1 Å². The zero-order chi connectivity index (χ0) is 18.4. The molecule has 0 bridgehead atoms. The molecule has 25 heavy (non-hydrogen) atoms. The standard InChI is InChI=1S/C19H28N2O4/c1-14(2)25-16-8-6-7-15(11-16)12-20(3)18(23)13-21-10-5-4-9-17(22)19(21)24/h6-8,11,14,17,22H,4-5,9-10,12-13H2,1-3H3. The summed E-state index contributed by atoms with van der Waals surface area (Å²) in [7, 11) is 1.72. The van der Waals surface area contributed by atoms with Crippen molar-refractivity contribution in [1.82, 2.24) is 9.80 Å². The molecule has 0 saturated carbocycles. The molecule has 1 aliphatic heterocycles. The summed E-state index contributed by atoms with van der Waals surface area (Å²) in [5.41, 5.74) is 0.969. The molecule has 1 atom stereocenters. The van der Waals surface area contributed by atoms with Gasteiger partial charge in [-0.25, -0.2) is 0 Å². The molecular weight excluding hydrogens is 320 g/mol. The maximum absolute atomic E-state index is 12.5. The Morgan fingerprint density at radius 2 is 2.16 bits per heavy atom. The zero-order valence-electron chi connectivity index (χ0n) is 15.3. The fraction of sp³-hybridized carbons (Fsp3) is 0.579. The van der Waals surface area contributed by atoms with Crippen molar-refractivity contribution >= 4 is 11.8 Å². The van der Waals surface area contributed by atoms with E-state index in [1.54, 1.807) is 11.9 Å². The van der Waals surface area contributed by atoms with Crippen LogP contribution in [0, 0.1) is 0 Å². The van der Waals surface area contributed by atoms with Gasteiger partial charge in [-0.2, -0.15) is 0 Å². The molecule has 0 radical (unpaired) electrons. The van der Waals surface area contributed by atoms with Gasteiger partial charge in [-0.3, -0.25) is 9.59 Å². The Morgan fingerprint density at radius 3 is 2.88 bits per heavy atom. The van der Waals surface area contributed by atoms with Crippen LogP contribution in [-0.2, 0) is 16.1 Å². The Kier molecular flexibility index (Phi) is 6.82. The van der Waals surface area contributed by atoms with E-state index in [-0.39, 0.29) is 24.5 Å². The lowest BCUT2D eigenvalue weighted by molar-refractivity contribution is -0.145. The van der Waals surface area contributed by atoms with E-state index in [2.05, 4.69) is 0 Å². The molecule has 1 unspecified atom stereocenters. The molecule has 1 saturated heterocycles. The van der Waals surface area contributed by atoms with Crippen LogP contribution in [0.5, 0.6) is 5.75 Å². The highest BCUT2D eigenvalue weighted by molar-refractivity contribution is 5.87. The van der Waals surface area contributed by atoms with Crippen molar-refractivity contribution in [3.63, 3.8) is 0 Å². The molecule has 2 amide bonds. The van der Waals surface area contributed by atoms with Crippen LogP contribution in [0.2, 0.25) is 0 Å². The van der Waals surface area contributed by atoms with Crippen LogP contribution in [0.3, 0.4) is 0 Å². The first-order valence-electron chi connectivity index (χ1n) is 8.83. The van der Waals surface area contributed by atoms with Crippen molar-refractivity contribution in [2.45, 2.75) is 51.9 Å². The second kappa shape index (κ2) is 8.85. The van der Waals surface area contributed by atoms with E-state index < -0.39 is 6.10 Å². The molecule has 1 aromatic rings. The maximum Gasteiger partial charge on any atom is 0.251 e. The van der Waals surface area contributed by atoms with Gasteiger partial charge < -0.3 is 19.6 Å². The van der Waals surface area contributed by atoms with Crippen LogP contribution in [-0.4, -0.2) is 59.1 Å². The normalized spacial score (nSPS) is 18.2. The van der Waals surface area contributed by atoms with Crippen LogP contribution in [0.1, 0.15) is 38.7 Å². The summed E-state index contributed by atoms with van der Waals surface area (Å²) in [5, 5.41) is 9.79. The molecule has 1 N–H and O–H groups in total. The summed E-state index contributed by atoms with van der Waals surface area (Å²) in [5.74, 6) is 0.295. The number of hydrogen-bond donors (Lipinski definition) is 1. The predicted octanol–water partition coefficient (Wildman–Crippen LogP) is 1.81. The third kappa shape index (κ3) is 5.74. The van der Waals surface area contributed by atoms with Crippen molar-refractivity contribution in [2.75, 3.05) is 20.1 Å². The summed E-state index contributed by atoms with van der Waals surface area (Å²) < 4.78 is 5.67. The highest BCUT2D eigenvalue weighted by atomic mass is 16.5. The molecule has 1 aliphatic rings. The summed E-state index contributed by atoms with van der Waals surface area (Å²) in [6.07, 6.45) is 1.20. The van der Waals surface area contributed by atoms with Crippen molar-refractivity contribution in [3.05, 3.63) is 29.8 Å². The number of aliphatic hydroxyl groups is 1. The highest BCUT2D eigenvalue weighted by Crippen LogP contribution is 2.17. The number of nitrogens with zero attached hydrogens (tertiary/aromatic N) is 2. The Hall–Kier alpha value is -2.08. The maximum atomic E-state index is 12.5. The van der Waals surface area contributed by atoms with Crippen molar-refractivity contribution < 1.29 is 19.4 Å². The van der Waals surface area contributed by atoms with Gasteiger partial charge in [0, 0.05) is 20.1 Å². The van der Waals surface area contributed by atoms with Gasteiger partial charge >= 0.3 is 0 Å². The first-order chi connectivity index (χ1) is 11.9. The SMILES string of the molecule is CC(C)Oc1cccc(CN(C)C(=O)CN2CCCCC(O)C2=O)c1. The highest BCUT2D eigenvalue weighted by Gasteiger charge is 2.27. The molecule has 1 heterocycles. The molecule has 0 spiro atoms. The Morgan fingerprint density at radius 1 is 1.40 bits per heavy atom. The number of likely N-dealkylation sites (tertiary alicyclic amines) is 1. The number of hydrogen-bond acceptors (Lipinski definition) is 4. The fourth-order valence-corrected chi connectivity index (χ4v) is 2.88. The van der Waals surface area contributed by atoms with Gasteiger partial charge in [0.15, 0.2) is 0 Å². The number of ether oxygens (including phenoxy) is 1. The molecule has 2 rings (SSSR count). The van der Waals surface area contributed by atoms with Gasteiger partial charge in [-0.15, -0.1) is 0 Å². The topological polar surface area (TPSA) is 70.1 Å². The third-order valence-electron chi connectivity index (χ3n) is 4.19. The van der Waals surface area contributed by atoms with E-state index in [9.17, 15) is 14.7 Å². The number of amides is 2. The quantitative estimate of drug-likeness (QED) is 0.851. The number of carbonyl (C=O) groups is 2. The van der Waals surface area contributed by atoms with E-state index in [0.717, 1.165) is 24.2 Å². The van der Waals surface area contributed by atoms with E-state index in [1.165, 1.54) is 4.90 Å². The van der Waals surface area contributed by atoms with Crippen LogP contribution in [0.4, 0.5) is 0 Å². The smallest absolute Gasteiger partial charge is 0.251 e. The lowest BCUT2D eigenvalue weighted by Crippen LogP contribution is -2.44. The monoisotopic (exact) mass is 348 g/mol. The van der Waals surface area contributed by atoms with E-state index in [4.69, 9.17) is 4.74 Å². The van der Waals surface area contributed by atoms with Crippen molar-refractivity contribution in [2.24, 2.45) is 0 Å². The van der Waals surface area contributed by atoms with Gasteiger partial charge in [0.05, 0.1) is 12.6 Å².